The molecule has 0 N–H and O–H groups in total. The summed E-state index contributed by atoms with van der Waals surface area (Å²) in [6.45, 7) is 19.4. The summed E-state index contributed by atoms with van der Waals surface area (Å²) in [6.07, 6.45) is 5.83. The van der Waals surface area contributed by atoms with Crippen LogP contribution >= 0.6 is 0 Å². The highest BCUT2D eigenvalue weighted by Gasteiger charge is 2.33. The molecule has 0 aromatic rings. The van der Waals surface area contributed by atoms with Crippen LogP contribution in [0.25, 0.3) is 0 Å². The van der Waals surface area contributed by atoms with Crippen LogP contribution < -0.4 is 0 Å². The molecular formula is C20H36F2. The van der Waals surface area contributed by atoms with Crippen molar-refractivity contribution in [2.45, 2.75) is 82.1 Å². The van der Waals surface area contributed by atoms with Crippen LogP contribution in [-0.4, -0.2) is 0 Å². The molecule has 0 rings (SSSR count). The average Bonchev–Trinajstić information content (AvgIpc) is 2.31. The lowest BCUT2D eigenvalue weighted by Crippen LogP contribution is -2.21. The Hall–Kier alpha value is -0.660. The summed E-state index contributed by atoms with van der Waals surface area (Å²) in [4.78, 5) is 0. The summed E-state index contributed by atoms with van der Waals surface area (Å²) in [5.74, 6) is -1.23. The van der Waals surface area contributed by atoms with Gasteiger partial charge in [0.15, 0.2) is 0 Å². The Balaban J connectivity index is 5.06. The minimum atomic E-state index is -0.775. The van der Waals surface area contributed by atoms with Crippen LogP contribution in [0.5, 0.6) is 0 Å². The van der Waals surface area contributed by atoms with E-state index >= 15 is 0 Å². The summed E-state index contributed by atoms with van der Waals surface area (Å²) >= 11 is 0. The fraction of sp³-hybridized carbons (Fsp3) is 0.800. The molecule has 0 saturated carbocycles. The molecule has 130 valence electrons. The minimum absolute atomic E-state index is 0.0248. The van der Waals surface area contributed by atoms with Crippen molar-refractivity contribution in [1.82, 2.24) is 0 Å². The zero-order valence-corrected chi connectivity index (χ0v) is 16.3. The molecule has 0 aromatic heterocycles. The second-order valence-corrected chi connectivity index (χ2v) is 9.95. The van der Waals surface area contributed by atoms with Gasteiger partial charge in [-0.3, -0.25) is 0 Å². The van der Waals surface area contributed by atoms with Crippen molar-refractivity contribution in [1.29, 1.82) is 0 Å². The Morgan fingerprint density at radius 1 is 0.682 bits per heavy atom. The minimum Gasteiger partial charge on any atom is -0.208 e. The van der Waals surface area contributed by atoms with E-state index in [1.165, 1.54) is 0 Å². The molecule has 0 nitrogen and oxygen atoms in total. The molecule has 0 amide bonds. The molecule has 0 saturated heterocycles. The summed E-state index contributed by atoms with van der Waals surface area (Å²) in [5, 5.41) is 0. The van der Waals surface area contributed by atoms with Crippen LogP contribution in [0.2, 0.25) is 0 Å². The van der Waals surface area contributed by atoms with Gasteiger partial charge in [-0.05, 0) is 23.7 Å². The fourth-order valence-corrected chi connectivity index (χ4v) is 1.93. The molecule has 0 aliphatic carbocycles. The molecule has 22 heavy (non-hydrogen) atoms. The van der Waals surface area contributed by atoms with Crippen molar-refractivity contribution in [3.8, 4) is 0 Å². The molecule has 0 aliphatic heterocycles. The third-order valence-corrected chi connectivity index (χ3v) is 3.87. The lowest BCUT2D eigenvalue weighted by atomic mass is 9.76. The second kappa shape index (κ2) is 6.84. The molecule has 0 aliphatic rings. The van der Waals surface area contributed by atoms with Gasteiger partial charge in [-0.2, -0.15) is 0 Å². The lowest BCUT2D eigenvalue weighted by molar-refractivity contribution is 0.241. The molecule has 0 unspecified atom stereocenters. The van der Waals surface area contributed by atoms with E-state index in [1.807, 2.05) is 0 Å². The molecule has 0 heterocycles. The predicted molar refractivity (Wildman–Crippen MR) is 94.1 cm³/mol. The molecule has 0 fully saturated rings. The third-order valence-electron chi connectivity index (χ3n) is 3.87. The lowest BCUT2D eigenvalue weighted by Gasteiger charge is -2.31. The van der Waals surface area contributed by atoms with E-state index in [0.717, 1.165) is 6.42 Å². The third kappa shape index (κ3) is 7.56. The van der Waals surface area contributed by atoms with Crippen LogP contribution in [0.15, 0.2) is 23.8 Å². The van der Waals surface area contributed by atoms with E-state index in [0.29, 0.717) is 6.42 Å². The zero-order chi connectivity index (χ0) is 18.0. The Morgan fingerprint density at radius 2 is 1.14 bits per heavy atom. The molecule has 0 spiro atoms. The normalized spacial score (nSPS) is 16.2. The zero-order valence-electron chi connectivity index (χ0n) is 16.3. The van der Waals surface area contributed by atoms with Crippen LogP contribution in [-0.2, 0) is 0 Å². The van der Waals surface area contributed by atoms with Gasteiger partial charge in [0.1, 0.15) is 11.7 Å². The van der Waals surface area contributed by atoms with Crippen LogP contribution in [0, 0.1) is 21.7 Å². The van der Waals surface area contributed by atoms with E-state index in [4.69, 9.17) is 0 Å². The monoisotopic (exact) mass is 314 g/mol. The SMILES string of the molecule is CC(C)(C)/C=C\C(C)(C)CCC(C)(C)/C(F)=C(/F)C(C)(C)C. The average molecular weight is 315 g/mol. The quantitative estimate of drug-likeness (QED) is 0.458. The molecular weight excluding hydrogens is 278 g/mol. The van der Waals surface area contributed by atoms with Gasteiger partial charge in [-0.1, -0.05) is 81.4 Å². The topological polar surface area (TPSA) is 0 Å². The van der Waals surface area contributed by atoms with Gasteiger partial charge in [0.05, 0.1) is 0 Å². The summed E-state index contributed by atoms with van der Waals surface area (Å²) in [5.41, 5.74) is -1.44. The van der Waals surface area contributed by atoms with E-state index in [-0.39, 0.29) is 10.8 Å². The summed E-state index contributed by atoms with van der Waals surface area (Å²) < 4.78 is 28.7. The van der Waals surface area contributed by atoms with Crippen LogP contribution in [0.4, 0.5) is 8.78 Å². The van der Waals surface area contributed by atoms with Crippen molar-refractivity contribution in [2.75, 3.05) is 0 Å². The van der Waals surface area contributed by atoms with Crippen molar-refractivity contribution in [3.05, 3.63) is 23.8 Å². The first-order valence-corrected chi connectivity index (χ1v) is 8.25. The van der Waals surface area contributed by atoms with E-state index in [1.54, 1.807) is 34.6 Å². The molecule has 0 bridgehead atoms. The van der Waals surface area contributed by atoms with Gasteiger partial charge in [-0.15, -0.1) is 0 Å². The maximum absolute atomic E-state index is 14.5. The summed E-state index contributed by atoms with van der Waals surface area (Å²) in [6, 6.07) is 0. The standard InChI is InChI=1S/C20H36F2/c1-17(2,3)11-12-19(7,8)13-14-20(9,10)16(22)15(21)18(4,5)6/h11-12H,13-14H2,1-10H3/b12-11-,16-15-. The number of halogens is 2. The Bertz CT molecular complexity index is 424. The molecule has 0 aromatic carbocycles. The van der Waals surface area contributed by atoms with Gasteiger partial charge in [0.2, 0.25) is 0 Å². The smallest absolute Gasteiger partial charge is 0.137 e. The van der Waals surface area contributed by atoms with Gasteiger partial charge < -0.3 is 0 Å². The van der Waals surface area contributed by atoms with E-state index in [9.17, 15) is 8.78 Å². The number of rotatable bonds is 5. The van der Waals surface area contributed by atoms with Gasteiger partial charge in [0, 0.05) is 10.8 Å². The Kier molecular flexibility index (Phi) is 6.64. The van der Waals surface area contributed by atoms with Gasteiger partial charge in [0.25, 0.3) is 0 Å². The second-order valence-electron chi connectivity index (χ2n) is 9.95. The maximum Gasteiger partial charge on any atom is 0.137 e. The van der Waals surface area contributed by atoms with Crippen LogP contribution in [0.1, 0.15) is 82.1 Å². The largest absolute Gasteiger partial charge is 0.208 e. The molecule has 2 heteroatoms. The molecule has 0 radical (unpaired) electrons. The maximum atomic E-state index is 14.5. The number of hydrogen-bond donors (Lipinski definition) is 0. The van der Waals surface area contributed by atoms with E-state index in [2.05, 4.69) is 46.8 Å². The van der Waals surface area contributed by atoms with E-state index < -0.39 is 22.5 Å². The van der Waals surface area contributed by atoms with Crippen molar-refractivity contribution < 1.29 is 8.78 Å². The highest BCUT2D eigenvalue weighted by atomic mass is 19.2. The summed E-state index contributed by atoms with van der Waals surface area (Å²) in [7, 11) is 0. The van der Waals surface area contributed by atoms with Crippen molar-refractivity contribution in [3.63, 3.8) is 0 Å². The Morgan fingerprint density at radius 3 is 1.50 bits per heavy atom. The highest BCUT2D eigenvalue weighted by molar-refractivity contribution is 5.14. The first-order chi connectivity index (χ1) is 9.48. The van der Waals surface area contributed by atoms with Gasteiger partial charge >= 0.3 is 0 Å². The Labute approximate surface area is 137 Å². The highest BCUT2D eigenvalue weighted by Crippen LogP contribution is 2.43. The van der Waals surface area contributed by atoms with Crippen molar-refractivity contribution in [2.24, 2.45) is 21.7 Å². The molecule has 0 atom stereocenters. The first kappa shape index (κ1) is 21.3. The van der Waals surface area contributed by atoms with Crippen molar-refractivity contribution >= 4 is 0 Å². The number of hydrogen-bond acceptors (Lipinski definition) is 0. The van der Waals surface area contributed by atoms with Crippen LogP contribution in [0.3, 0.4) is 0 Å². The fourth-order valence-electron chi connectivity index (χ4n) is 1.93. The van der Waals surface area contributed by atoms with Gasteiger partial charge in [-0.25, -0.2) is 8.78 Å². The predicted octanol–water partition coefficient (Wildman–Crippen LogP) is 7.62. The first-order valence-electron chi connectivity index (χ1n) is 8.25. The number of allylic oxidation sites excluding steroid dienone is 4.